The summed E-state index contributed by atoms with van der Waals surface area (Å²) in [5.74, 6) is 1.24. The standard InChI is InChI=1S/C13H16N2O4/c1-15(5-4-14)13(16)19-9-10-6-11(17-2)8-12(7-10)18-3/h6-8H,5,9H2,1-3H3. The lowest BCUT2D eigenvalue weighted by atomic mass is 10.2. The van der Waals surface area contributed by atoms with Crippen molar-refractivity contribution in [3.05, 3.63) is 23.8 Å². The second-order valence-corrected chi connectivity index (χ2v) is 3.79. The molecule has 0 saturated carbocycles. The molecule has 0 aliphatic rings. The Morgan fingerprint density at radius 1 is 1.26 bits per heavy atom. The third kappa shape index (κ3) is 4.39. The van der Waals surface area contributed by atoms with E-state index in [-0.39, 0.29) is 13.2 Å². The molecule has 0 unspecified atom stereocenters. The Hall–Kier alpha value is -2.42. The molecule has 0 bridgehead atoms. The van der Waals surface area contributed by atoms with E-state index in [2.05, 4.69) is 0 Å². The molecule has 0 heterocycles. The van der Waals surface area contributed by atoms with Crippen LogP contribution < -0.4 is 9.47 Å². The minimum atomic E-state index is -0.552. The monoisotopic (exact) mass is 264 g/mol. The van der Waals surface area contributed by atoms with Crippen LogP contribution in [0.25, 0.3) is 0 Å². The summed E-state index contributed by atoms with van der Waals surface area (Å²) in [6.07, 6.45) is -0.552. The minimum absolute atomic E-state index is 0.0136. The molecule has 1 rings (SSSR count). The van der Waals surface area contributed by atoms with Crippen LogP contribution in [0.4, 0.5) is 4.79 Å². The van der Waals surface area contributed by atoms with Crippen LogP contribution in [0.5, 0.6) is 11.5 Å². The van der Waals surface area contributed by atoms with Crippen molar-refractivity contribution < 1.29 is 19.0 Å². The molecule has 0 aliphatic heterocycles. The van der Waals surface area contributed by atoms with E-state index < -0.39 is 6.09 Å². The van der Waals surface area contributed by atoms with Gasteiger partial charge in [0, 0.05) is 13.1 Å². The highest BCUT2D eigenvalue weighted by Gasteiger charge is 2.10. The number of rotatable bonds is 5. The predicted molar refractivity (Wildman–Crippen MR) is 68.0 cm³/mol. The van der Waals surface area contributed by atoms with E-state index in [9.17, 15) is 4.79 Å². The molecule has 1 aromatic carbocycles. The van der Waals surface area contributed by atoms with E-state index in [4.69, 9.17) is 19.5 Å². The van der Waals surface area contributed by atoms with Crippen molar-refractivity contribution in [2.24, 2.45) is 0 Å². The van der Waals surface area contributed by atoms with Gasteiger partial charge in [-0.25, -0.2) is 4.79 Å². The molecule has 0 spiro atoms. The maximum atomic E-state index is 11.5. The largest absolute Gasteiger partial charge is 0.497 e. The first-order valence-electron chi connectivity index (χ1n) is 5.57. The first-order valence-corrected chi connectivity index (χ1v) is 5.57. The number of benzene rings is 1. The van der Waals surface area contributed by atoms with Crippen molar-refractivity contribution in [2.75, 3.05) is 27.8 Å². The number of nitrogens with zero attached hydrogens (tertiary/aromatic N) is 2. The van der Waals surface area contributed by atoms with E-state index in [0.717, 1.165) is 5.56 Å². The number of amides is 1. The van der Waals surface area contributed by atoms with Crippen LogP contribution in [-0.2, 0) is 11.3 Å². The molecule has 102 valence electrons. The molecule has 1 amide bonds. The van der Waals surface area contributed by atoms with Crippen molar-refractivity contribution in [3.8, 4) is 17.6 Å². The zero-order chi connectivity index (χ0) is 14.3. The van der Waals surface area contributed by atoms with Gasteiger partial charge in [-0.2, -0.15) is 5.26 Å². The van der Waals surface area contributed by atoms with Gasteiger partial charge in [0.25, 0.3) is 0 Å². The molecule has 0 fully saturated rings. The van der Waals surface area contributed by atoms with Crippen LogP contribution >= 0.6 is 0 Å². The summed E-state index contributed by atoms with van der Waals surface area (Å²) in [6, 6.07) is 7.10. The van der Waals surface area contributed by atoms with E-state index >= 15 is 0 Å². The molecule has 6 nitrogen and oxygen atoms in total. The highest BCUT2D eigenvalue weighted by Crippen LogP contribution is 2.22. The third-order valence-corrected chi connectivity index (χ3v) is 2.39. The van der Waals surface area contributed by atoms with Crippen LogP contribution in [-0.4, -0.2) is 38.8 Å². The lowest BCUT2D eigenvalue weighted by Crippen LogP contribution is -2.27. The summed E-state index contributed by atoms with van der Waals surface area (Å²) in [5.41, 5.74) is 0.745. The van der Waals surface area contributed by atoms with Gasteiger partial charge in [0.05, 0.1) is 20.3 Å². The molecular weight excluding hydrogens is 248 g/mol. The number of carbonyl (C=O) groups is 1. The van der Waals surface area contributed by atoms with Crippen LogP contribution in [0.1, 0.15) is 5.56 Å². The molecular formula is C13H16N2O4. The van der Waals surface area contributed by atoms with Gasteiger partial charge in [-0.3, -0.25) is 4.90 Å². The Bertz CT molecular complexity index is 460. The first kappa shape index (κ1) is 14.6. The quantitative estimate of drug-likeness (QED) is 0.758. The van der Waals surface area contributed by atoms with E-state index in [1.807, 2.05) is 6.07 Å². The lowest BCUT2D eigenvalue weighted by molar-refractivity contribution is 0.108. The van der Waals surface area contributed by atoms with Crippen molar-refractivity contribution in [2.45, 2.75) is 6.61 Å². The van der Waals surface area contributed by atoms with Crippen LogP contribution in [0, 0.1) is 11.3 Å². The molecule has 0 aromatic heterocycles. The highest BCUT2D eigenvalue weighted by molar-refractivity contribution is 5.67. The Morgan fingerprint density at radius 3 is 2.32 bits per heavy atom. The Morgan fingerprint density at radius 2 is 1.84 bits per heavy atom. The van der Waals surface area contributed by atoms with Crippen molar-refractivity contribution in [1.29, 1.82) is 5.26 Å². The average Bonchev–Trinajstić information content (AvgIpc) is 2.44. The molecule has 0 saturated heterocycles. The summed E-state index contributed by atoms with van der Waals surface area (Å²) in [7, 11) is 4.59. The van der Waals surface area contributed by atoms with Gasteiger partial charge in [-0.15, -0.1) is 0 Å². The van der Waals surface area contributed by atoms with Crippen molar-refractivity contribution in [1.82, 2.24) is 4.90 Å². The normalized spacial score (nSPS) is 9.37. The maximum Gasteiger partial charge on any atom is 0.410 e. The average molecular weight is 264 g/mol. The summed E-state index contributed by atoms with van der Waals surface area (Å²) in [4.78, 5) is 12.7. The van der Waals surface area contributed by atoms with Gasteiger partial charge in [0.1, 0.15) is 24.7 Å². The third-order valence-electron chi connectivity index (χ3n) is 2.39. The SMILES string of the molecule is COc1cc(COC(=O)N(C)CC#N)cc(OC)c1. The molecule has 0 aliphatic carbocycles. The summed E-state index contributed by atoms with van der Waals surface area (Å²) >= 11 is 0. The maximum absolute atomic E-state index is 11.5. The molecule has 19 heavy (non-hydrogen) atoms. The smallest absolute Gasteiger partial charge is 0.410 e. The fourth-order valence-electron chi connectivity index (χ4n) is 1.38. The van der Waals surface area contributed by atoms with Gasteiger partial charge >= 0.3 is 6.09 Å². The number of carbonyl (C=O) groups excluding carboxylic acids is 1. The zero-order valence-electron chi connectivity index (χ0n) is 11.2. The van der Waals surface area contributed by atoms with Crippen LogP contribution in [0.15, 0.2) is 18.2 Å². The van der Waals surface area contributed by atoms with Crippen LogP contribution in [0.3, 0.4) is 0 Å². The Kier molecular flexibility index (Phi) is 5.48. The van der Waals surface area contributed by atoms with Gasteiger partial charge in [-0.05, 0) is 17.7 Å². The number of ether oxygens (including phenoxy) is 3. The Labute approximate surface area is 112 Å². The molecule has 6 heteroatoms. The molecule has 0 atom stereocenters. The number of methoxy groups -OCH3 is 2. The molecule has 0 N–H and O–H groups in total. The van der Waals surface area contributed by atoms with Gasteiger partial charge < -0.3 is 14.2 Å². The summed E-state index contributed by atoms with van der Waals surface area (Å²) in [5, 5.41) is 8.47. The lowest BCUT2D eigenvalue weighted by Gasteiger charge is -2.14. The fourth-order valence-corrected chi connectivity index (χ4v) is 1.38. The number of hydrogen-bond donors (Lipinski definition) is 0. The molecule has 0 radical (unpaired) electrons. The zero-order valence-corrected chi connectivity index (χ0v) is 11.2. The second-order valence-electron chi connectivity index (χ2n) is 3.79. The molecule has 1 aromatic rings. The van der Waals surface area contributed by atoms with Gasteiger partial charge in [0.15, 0.2) is 0 Å². The highest BCUT2D eigenvalue weighted by atomic mass is 16.6. The first-order chi connectivity index (χ1) is 9.10. The van der Waals surface area contributed by atoms with Crippen molar-refractivity contribution in [3.63, 3.8) is 0 Å². The van der Waals surface area contributed by atoms with E-state index in [1.54, 1.807) is 32.4 Å². The number of nitriles is 1. The summed E-state index contributed by atoms with van der Waals surface area (Å²) in [6.45, 7) is 0.0719. The minimum Gasteiger partial charge on any atom is -0.497 e. The van der Waals surface area contributed by atoms with Gasteiger partial charge in [0.2, 0.25) is 0 Å². The summed E-state index contributed by atoms with van der Waals surface area (Å²) < 4.78 is 15.3. The van der Waals surface area contributed by atoms with Crippen LogP contribution in [0.2, 0.25) is 0 Å². The van der Waals surface area contributed by atoms with Crippen molar-refractivity contribution >= 4 is 6.09 Å². The van der Waals surface area contributed by atoms with E-state index in [0.29, 0.717) is 11.5 Å². The van der Waals surface area contributed by atoms with Gasteiger partial charge in [-0.1, -0.05) is 0 Å². The second kappa shape index (κ2) is 7.11. The topological polar surface area (TPSA) is 71.8 Å². The fraction of sp³-hybridized carbons (Fsp3) is 0.385. The number of hydrogen-bond acceptors (Lipinski definition) is 5. The predicted octanol–water partition coefficient (Wildman–Crippen LogP) is 1.80. The van der Waals surface area contributed by atoms with E-state index in [1.165, 1.54) is 11.9 Å². The Balaban J connectivity index is 2.67.